The number of nitrogens with zero attached hydrogens (tertiary/aromatic N) is 9. The molecule has 9 aromatic rings. The first-order valence-electron chi connectivity index (χ1n) is 35.4. The third-order valence-corrected chi connectivity index (χ3v) is 21.0. The number of halogens is 3. The van der Waals surface area contributed by atoms with Gasteiger partial charge in [-0.05, 0) is 164 Å². The monoisotopic (exact) mass is 1430 g/mol. The molecule has 9 aromatic carbocycles. The average molecular weight is 1430 g/mol. The molecule has 0 aromatic heterocycles. The zero-order chi connectivity index (χ0) is 71.0. The first-order valence-corrected chi connectivity index (χ1v) is 36.6. The van der Waals surface area contributed by atoms with Crippen molar-refractivity contribution in [3.63, 3.8) is 0 Å². The van der Waals surface area contributed by atoms with E-state index in [4.69, 9.17) is 49.0 Å². The highest BCUT2D eigenvalue weighted by atomic mass is 35.5. The van der Waals surface area contributed by atoms with Gasteiger partial charge in [0, 0.05) is 114 Å². The van der Waals surface area contributed by atoms with Gasteiger partial charge in [-0.15, -0.1) is 0 Å². The summed E-state index contributed by atoms with van der Waals surface area (Å²) in [4.78, 5) is 59.3. The molecule has 15 rings (SSSR count). The largest absolute Gasteiger partial charge is 0.492 e. The molecule has 0 spiro atoms. The molecule has 0 N–H and O–H groups in total. The van der Waals surface area contributed by atoms with Gasteiger partial charge in [-0.3, -0.25) is 29.1 Å². The van der Waals surface area contributed by atoms with Gasteiger partial charge in [0.1, 0.15) is 37.1 Å². The van der Waals surface area contributed by atoms with Crippen molar-refractivity contribution < 1.29 is 28.6 Å². The Morgan fingerprint density at radius 2 is 0.686 bits per heavy atom. The SMILES string of the molecule is CN(C)CCOc1cc(Cl)cc(C(=O)N2CCN(C3c4ccccc4-c4ccccc43)CC2)c1.CN(C)CCOc1ccc(C(=O)N2CCN(C3c4ccccc4-c4ccccc43)CC2)cc1Cl.CN(C)CCOc1ccc(Cl)c(C(=O)N2CCN(C3c4ccccc4-c4ccccc43)CC2)c1. The molecule has 3 amide bonds. The molecular formula is C84H90Cl3N9O6. The molecule has 18 heteroatoms. The Labute approximate surface area is 615 Å². The normalized spacial score (nSPS) is 15.9. The fraction of sp³-hybridized carbons (Fsp3) is 0.321. The molecule has 3 heterocycles. The maximum atomic E-state index is 13.3. The molecule has 15 nitrogen and oxygen atoms in total. The summed E-state index contributed by atoms with van der Waals surface area (Å²) in [5.41, 5.74) is 17.8. The molecule has 3 saturated heterocycles. The Morgan fingerprint density at radius 3 is 1.06 bits per heavy atom. The summed E-state index contributed by atoms with van der Waals surface area (Å²) >= 11 is 19.1. The molecule has 3 fully saturated rings. The van der Waals surface area contributed by atoms with Crippen LogP contribution in [-0.4, -0.2) is 222 Å². The van der Waals surface area contributed by atoms with Crippen LogP contribution in [0.1, 0.15) is 82.6 Å². The summed E-state index contributed by atoms with van der Waals surface area (Å²) in [6, 6.07) is 68.8. The standard InChI is InChI=1S/3C28H30ClN3O2/c1-30(2)15-16-34-22-18-20(17-21(29)19-22)28(33)32-13-11-31(12-14-32)27-25-9-5-3-7-23(25)24-8-4-6-10-26(24)27;1-30(2)17-18-34-20-11-12-26(29)25(19-20)28(33)32-15-13-31(14-16-32)27-23-9-5-3-7-21(23)22-8-4-6-10-24(22)27;1-30(2)17-18-34-26-12-11-20(19-25(26)29)28(33)32-15-13-31(14-16-32)27-23-9-5-3-7-21(23)22-8-4-6-10-24(22)27/h3-10,17-19,27H,11-16H2,1-2H3;2*3-12,19,27H,13-18H2,1-2H3. The first kappa shape index (κ1) is 71.8. The lowest BCUT2D eigenvalue weighted by Gasteiger charge is -2.38. The molecule has 6 aliphatic rings. The predicted octanol–water partition coefficient (Wildman–Crippen LogP) is 14.4. The second-order valence-electron chi connectivity index (χ2n) is 27.6. The summed E-state index contributed by atoms with van der Waals surface area (Å²) in [5, 5.41) is 1.46. The van der Waals surface area contributed by atoms with Crippen LogP contribution in [0.25, 0.3) is 33.4 Å². The van der Waals surface area contributed by atoms with E-state index < -0.39 is 0 Å². The molecule has 0 saturated carbocycles. The second kappa shape index (κ2) is 32.8. The number of carbonyl (C=O) groups is 3. The van der Waals surface area contributed by atoms with Gasteiger partial charge < -0.3 is 43.6 Å². The minimum absolute atomic E-state index is 0.00633. The van der Waals surface area contributed by atoms with Crippen LogP contribution in [-0.2, 0) is 0 Å². The van der Waals surface area contributed by atoms with E-state index >= 15 is 0 Å². The third-order valence-electron chi connectivity index (χ3n) is 20.2. The Kier molecular flexibility index (Phi) is 23.1. The van der Waals surface area contributed by atoms with Crippen molar-refractivity contribution in [1.29, 1.82) is 0 Å². The number of likely N-dealkylation sites (N-methyl/N-ethyl adjacent to an activating group) is 3. The van der Waals surface area contributed by atoms with Crippen molar-refractivity contribution >= 4 is 52.5 Å². The van der Waals surface area contributed by atoms with Crippen LogP contribution >= 0.6 is 34.8 Å². The van der Waals surface area contributed by atoms with Gasteiger partial charge in [-0.25, -0.2) is 0 Å². The van der Waals surface area contributed by atoms with Gasteiger partial charge >= 0.3 is 0 Å². The van der Waals surface area contributed by atoms with Gasteiger partial charge in [0.15, 0.2) is 0 Å². The van der Waals surface area contributed by atoms with Crippen LogP contribution in [0.15, 0.2) is 200 Å². The fourth-order valence-electron chi connectivity index (χ4n) is 15.0. The molecule has 0 unspecified atom stereocenters. The maximum Gasteiger partial charge on any atom is 0.255 e. The highest BCUT2D eigenvalue weighted by Crippen LogP contribution is 2.49. The average Bonchev–Trinajstić information content (AvgIpc) is 1.61. The van der Waals surface area contributed by atoms with Crippen LogP contribution in [0.3, 0.4) is 0 Å². The van der Waals surface area contributed by atoms with E-state index in [1.165, 1.54) is 66.8 Å². The van der Waals surface area contributed by atoms with E-state index in [0.29, 0.717) is 108 Å². The molecule has 102 heavy (non-hydrogen) atoms. The molecule has 3 aliphatic heterocycles. The number of hydrogen-bond acceptors (Lipinski definition) is 12. The van der Waals surface area contributed by atoms with Crippen molar-refractivity contribution in [2.45, 2.75) is 18.1 Å². The van der Waals surface area contributed by atoms with Gasteiger partial charge in [0.2, 0.25) is 0 Å². The van der Waals surface area contributed by atoms with E-state index in [1.54, 1.807) is 42.5 Å². The molecule has 0 atom stereocenters. The van der Waals surface area contributed by atoms with Crippen molar-refractivity contribution in [2.75, 3.05) is 160 Å². The predicted molar refractivity (Wildman–Crippen MR) is 410 cm³/mol. The van der Waals surface area contributed by atoms with Crippen LogP contribution in [0.2, 0.25) is 15.1 Å². The number of amides is 3. The Balaban J connectivity index is 0.000000137. The number of piperazine rings is 3. The minimum atomic E-state index is -0.0325. The highest BCUT2D eigenvalue weighted by molar-refractivity contribution is 6.34. The number of rotatable bonds is 18. The van der Waals surface area contributed by atoms with Gasteiger partial charge in [-0.2, -0.15) is 0 Å². The summed E-state index contributed by atoms with van der Waals surface area (Å²) in [5.74, 6) is 1.92. The summed E-state index contributed by atoms with van der Waals surface area (Å²) < 4.78 is 17.4. The zero-order valence-electron chi connectivity index (χ0n) is 59.1. The number of ether oxygens (including phenoxy) is 3. The lowest BCUT2D eigenvalue weighted by Crippen LogP contribution is -2.49. The lowest BCUT2D eigenvalue weighted by atomic mass is 10.0. The van der Waals surface area contributed by atoms with E-state index in [2.05, 4.69) is 170 Å². The Bertz CT molecular complexity index is 4310. The fourth-order valence-corrected chi connectivity index (χ4v) is 15.6. The third kappa shape index (κ3) is 16.1. The molecule has 0 bridgehead atoms. The van der Waals surface area contributed by atoms with Crippen LogP contribution in [0.4, 0.5) is 0 Å². The summed E-state index contributed by atoms with van der Waals surface area (Å²) in [7, 11) is 12.0. The lowest BCUT2D eigenvalue weighted by molar-refractivity contribution is 0.0593. The van der Waals surface area contributed by atoms with Gasteiger partial charge in [0.05, 0.1) is 33.7 Å². The van der Waals surface area contributed by atoms with Crippen LogP contribution in [0, 0.1) is 0 Å². The molecular weight excluding hydrogens is 1340 g/mol. The number of carbonyl (C=O) groups excluding carboxylic acids is 3. The molecule has 528 valence electrons. The van der Waals surface area contributed by atoms with E-state index in [1.807, 2.05) is 74.0 Å². The summed E-state index contributed by atoms with van der Waals surface area (Å²) in [6.07, 6.45) is 0. The topological polar surface area (TPSA) is 108 Å². The van der Waals surface area contributed by atoms with Crippen LogP contribution in [0.5, 0.6) is 17.2 Å². The first-order chi connectivity index (χ1) is 49.6. The Hall–Kier alpha value is -8.58. The van der Waals surface area contributed by atoms with Gasteiger partial charge in [0.25, 0.3) is 17.7 Å². The Morgan fingerprint density at radius 1 is 0.343 bits per heavy atom. The smallest absolute Gasteiger partial charge is 0.255 e. The van der Waals surface area contributed by atoms with Crippen molar-refractivity contribution in [3.05, 3.63) is 265 Å². The minimum Gasteiger partial charge on any atom is -0.492 e. The molecule has 0 radical (unpaired) electrons. The highest BCUT2D eigenvalue weighted by Gasteiger charge is 2.39. The quantitative estimate of drug-likeness (QED) is 0.0816. The number of benzene rings is 9. The van der Waals surface area contributed by atoms with Gasteiger partial charge in [-0.1, -0.05) is 180 Å². The van der Waals surface area contributed by atoms with Crippen molar-refractivity contribution in [1.82, 2.24) is 44.1 Å². The summed E-state index contributed by atoms with van der Waals surface area (Å²) in [6.45, 7) is 13.1. The maximum absolute atomic E-state index is 13.3. The molecule has 3 aliphatic carbocycles. The van der Waals surface area contributed by atoms with E-state index in [-0.39, 0.29) is 35.8 Å². The number of hydrogen-bond donors (Lipinski definition) is 0. The van der Waals surface area contributed by atoms with E-state index in [9.17, 15) is 14.4 Å². The van der Waals surface area contributed by atoms with Crippen LogP contribution < -0.4 is 14.2 Å². The number of fused-ring (bicyclic) bond motifs is 9. The van der Waals surface area contributed by atoms with Crippen molar-refractivity contribution in [2.24, 2.45) is 0 Å². The zero-order valence-corrected chi connectivity index (χ0v) is 61.4. The van der Waals surface area contributed by atoms with E-state index in [0.717, 1.165) is 58.9 Å². The van der Waals surface area contributed by atoms with Crippen molar-refractivity contribution in [3.8, 4) is 50.6 Å². The second-order valence-corrected chi connectivity index (χ2v) is 28.9.